The van der Waals surface area contributed by atoms with E-state index >= 15 is 0 Å². The van der Waals surface area contributed by atoms with Crippen molar-refractivity contribution in [1.82, 2.24) is 5.32 Å². The fourth-order valence-electron chi connectivity index (χ4n) is 1.70. The van der Waals surface area contributed by atoms with Gasteiger partial charge < -0.3 is 10.1 Å². The zero-order valence-corrected chi connectivity index (χ0v) is 10.8. The number of ether oxygens (including phenoxy) is 1. The van der Waals surface area contributed by atoms with Gasteiger partial charge in [0.1, 0.15) is 5.75 Å². The van der Waals surface area contributed by atoms with Gasteiger partial charge in [-0.3, -0.25) is 4.79 Å². The number of rotatable bonds is 6. The molecule has 0 saturated carbocycles. The maximum atomic E-state index is 11.3. The van der Waals surface area contributed by atoms with Crippen LogP contribution in [0.25, 0.3) is 0 Å². The number of carbonyl (C=O) groups is 1. The predicted octanol–water partition coefficient (Wildman–Crippen LogP) is 1.97. The van der Waals surface area contributed by atoms with Gasteiger partial charge in [0.05, 0.1) is 13.2 Å². The van der Waals surface area contributed by atoms with E-state index in [1.165, 1.54) is 5.56 Å². The van der Waals surface area contributed by atoms with Crippen LogP contribution < -0.4 is 10.1 Å². The Morgan fingerprint density at radius 3 is 2.94 bits per heavy atom. The van der Waals surface area contributed by atoms with Gasteiger partial charge in [0.15, 0.2) is 0 Å². The lowest BCUT2D eigenvalue weighted by Crippen LogP contribution is -2.25. The Labute approximate surface area is 108 Å². The normalized spacial score (nSPS) is 9.61. The van der Waals surface area contributed by atoms with Crippen molar-refractivity contribution in [3.63, 3.8) is 0 Å². The smallest absolute Gasteiger partial charge is 0.221 e. The van der Waals surface area contributed by atoms with Crippen LogP contribution in [0.1, 0.15) is 24.0 Å². The van der Waals surface area contributed by atoms with Crippen LogP contribution in [0.5, 0.6) is 5.75 Å². The molecule has 0 atom stereocenters. The molecule has 1 aromatic carbocycles. The predicted molar refractivity (Wildman–Crippen MR) is 69.3 cm³/mol. The summed E-state index contributed by atoms with van der Waals surface area (Å²) in [5.74, 6) is 0.759. The lowest BCUT2D eigenvalue weighted by atomic mass is 10.1. The van der Waals surface area contributed by atoms with E-state index in [2.05, 4.69) is 11.4 Å². The highest BCUT2D eigenvalue weighted by molar-refractivity contribution is 5.76. The summed E-state index contributed by atoms with van der Waals surface area (Å²) in [6.07, 6.45) is 1.25. The van der Waals surface area contributed by atoms with Crippen LogP contribution in [0.2, 0.25) is 0 Å². The summed E-state index contributed by atoms with van der Waals surface area (Å²) in [4.78, 5) is 11.3. The van der Waals surface area contributed by atoms with Crippen molar-refractivity contribution in [2.45, 2.75) is 26.2 Å². The Hall–Kier alpha value is -2.02. The van der Waals surface area contributed by atoms with Crippen LogP contribution in [-0.2, 0) is 11.2 Å². The number of hydrogen-bond acceptors (Lipinski definition) is 3. The number of amides is 1. The maximum Gasteiger partial charge on any atom is 0.221 e. The van der Waals surface area contributed by atoms with Crippen LogP contribution in [-0.4, -0.2) is 19.6 Å². The Kier molecular flexibility index (Phi) is 5.72. The third kappa shape index (κ3) is 4.46. The van der Waals surface area contributed by atoms with Gasteiger partial charge in [-0.2, -0.15) is 5.26 Å². The molecule has 0 bridgehead atoms. The summed E-state index contributed by atoms with van der Waals surface area (Å²) in [5, 5.41) is 11.2. The van der Waals surface area contributed by atoms with Crippen molar-refractivity contribution in [3.05, 3.63) is 29.3 Å². The number of hydrogen-bond donors (Lipinski definition) is 1. The average Bonchev–Trinajstić information content (AvgIpc) is 2.36. The number of nitrogens with one attached hydrogen (secondary N) is 1. The molecule has 0 unspecified atom stereocenters. The lowest BCUT2D eigenvalue weighted by molar-refractivity contribution is -0.120. The Balaban J connectivity index is 2.46. The summed E-state index contributed by atoms with van der Waals surface area (Å²) in [6, 6.07) is 7.93. The number of methoxy groups -OCH3 is 1. The molecule has 0 aromatic heterocycles. The largest absolute Gasteiger partial charge is 0.496 e. The van der Waals surface area contributed by atoms with Crippen LogP contribution in [0.4, 0.5) is 0 Å². The SMILES string of the molecule is COc1ccc(C)cc1CCNC(=O)CCC#N. The number of carbonyl (C=O) groups excluding carboxylic acids is 1. The highest BCUT2D eigenvalue weighted by Crippen LogP contribution is 2.19. The fraction of sp³-hybridized carbons (Fsp3) is 0.429. The van der Waals surface area contributed by atoms with Gasteiger partial charge in [-0.25, -0.2) is 0 Å². The molecule has 0 saturated heterocycles. The molecule has 0 heterocycles. The third-order valence-electron chi connectivity index (χ3n) is 2.62. The summed E-state index contributed by atoms with van der Waals surface area (Å²) >= 11 is 0. The van der Waals surface area contributed by atoms with E-state index < -0.39 is 0 Å². The minimum Gasteiger partial charge on any atom is -0.496 e. The van der Waals surface area contributed by atoms with Crippen LogP contribution in [0.3, 0.4) is 0 Å². The Bertz CT molecular complexity index is 450. The first-order chi connectivity index (χ1) is 8.67. The zero-order chi connectivity index (χ0) is 13.4. The van der Waals surface area contributed by atoms with Gasteiger partial charge in [-0.05, 0) is 25.0 Å². The van der Waals surface area contributed by atoms with Gasteiger partial charge in [-0.1, -0.05) is 17.7 Å². The molecule has 0 radical (unpaired) electrons. The highest BCUT2D eigenvalue weighted by atomic mass is 16.5. The molecule has 0 spiro atoms. The zero-order valence-electron chi connectivity index (χ0n) is 10.8. The Morgan fingerprint density at radius 2 is 2.28 bits per heavy atom. The summed E-state index contributed by atoms with van der Waals surface area (Å²) in [6.45, 7) is 2.58. The van der Waals surface area contributed by atoms with E-state index in [1.54, 1.807) is 7.11 Å². The monoisotopic (exact) mass is 246 g/mol. The van der Waals surface area contributed by atoms with E-state index in [0.717, 1.165) is 17.7 Å². The van der Waals surface area contributed by atoms with Gasteiger partial charge in [-0.15, -0.1) is 0 Å². The molecule has 0 aliphatic carbocycles. The first kappa shape index (κ1) is 14.0. The van der Waals surface area contributed by atoms with Crippen LogP contribution in [0.15, 0.2) is 18.2 Å². The second kappa shape index (κ2) is 7.33. The summed E-state index contributed by atoms with van der Waals surface area (Å²) < 4.78 is 5.27. The molecular weight excluding hydrogens is 228 g/mol. The van der Waals surface area contributed by atoms with Crippen molar-refractivity contribution in [2.24, 2.45) is 0 Å². The molecule has 1 amide bonds. The average molecular weight is 246 g/mol. The van der Waals surface area contributed by atoms with E-state index in [4.69, 9.17) is 10.00 Å². The van der Waals surface area contributed by atoms with Gasteiger partial charge in [0, 0.05) is 19.4 Å². The number of aryl methyl sites for hydroxylation is 1. The number of nitrogens with zero attached hydrogens (tertiary/aromatic N) is 1. The van der Waals surface area contributed by atoms with Crippen molar-refractivity contribution in [3.8, 4) is 11.8 Å². The molecule has 18 heavy (non-hydrogen) atoms. The molecule has 0 aliphatic heterocycles. The number of benzene rings is 1. The molecular formula is C14H18N2O2. The van der Waals surface area contributed by atoms with E-state index in [1.807, 2.05) is 25.1 Å². The molecule has 1 rings (SSSR count). The molecule has 0 fully saturated rings. The number of nitriles is 1. The molecule has 96 valence electrons. The lowest BCUT2D eigenvalue weighted by Gasteiger charge is -2.10. The third-order valence-corrected chi connectivity index (χ3v) is 2.62. The first-order valence-corrected chi connectivity index (χ1v) is 5.94. The van der Waals surface area contributed by atoms with Crippen LogP contribution in [0, 0.1) is 18.3 Å². The maximum absolute atomic E-state index is 11.3. The summed E-state index contributed by atoms with van der Waals surface area (Å²) in [5.41, 5.74) is 2.25. The summed E-state index contributed by atoms with van der Waals surface area (Å²) in [7, 11) is 1.64. The standard InChI is InChI=1S/C14H18N2O2/c1-11-5-6-13(18-2)12(10-11)7-9-16-14(17)4-3-8-15/h5-6,10H,3-4,7,9H2,1-2H3,(H,16,17). The fourth-order valence-corrected chi connectivity index (χ4v) is 1.70. The molecule has 1 aromatic rings. The first-order valence-electron chi connectivity index (χ1n) is 5.94. The quantitative estimate of drug-likeness (QED) is 0.834. The van der Waals surface area contributed by atoms with Crippen molar-refractivity contribution in [2.75, 3.05) is 13.7 Å². The minimum absolute atomic E-state index is 0.0804. The van der Waals surface area contributed by atoms with E-state index in [9.17, 15) is 4.79 Å². The van der Waals surface area contributed by atoms with Crippen LogP contribution >= 0.6 is 0 Å². The van der Waals surface area contributed by atoms with Gasteiger partial charge in [0.2, 0.25) is 5.91 Å². The second-order valence-corrected chi connectivity index (χ2v) is 4.07. The topological polar surface area (TPSA) is 62.1 Å². The van der Waals surface area contributed by atoms with E-state index in [-0.39, 0.29) is 18.7 Å². The van der Waals surface area contributed by atoms with Gasteiger partial charge in [0.25, 0.3) is 0 Å². The van der Waals surface area contributed by atoms with Crippen molar-refractivity contribution in [1.29, 1.82) is 5.26 Å². The molecule has 0 aliphatic rings. The minimum atomic E-state index is -0.0804. The molecule has 4 heteroatoms. The molecule has 1 N–H and O–H groups in total. The van der Waals surface area contributed by atoms with Gasteiger partial charge >= 0.3 is 0 Å². The van der Waals surface area contributed by atoms with E-state index in [0.29, 0.717) is 6.54 Å². The highest BCUT2D eigenvalue weighted by Gasteiger charge is 2.04. The second-order valence-electron chi connectivity index (χ2n) is 4.07. The Morgan fingerprint density at radius 1 is 1.50 bits per heavy atom. The van der Waals surface area contributed by atoms with Crippen molar-refractivity contribution < 1.29 is 9.53 Å². The van der Waals surface area contributed by atoms with Crippen molar-refractivity contribution >= 4 is 5.91 Å². The molecule has 4 nitrogen and oxygen atoms in total.